The van der Waals surface area contributed by atoms with Crippen LogP contribution in [0, 0.1) is 11.8 Å². The Bertz CT molecular complexity index is 735. The van der Waals surface area contributed by atoms with Crippen molar-refractivity contribution in [2.75, 3.05) is 36.4 Å². The van der Waals surface area contributed by atoms with Crippen molar-refractivity contribution in [3.05, 3.63) is 47.4 Å². The molecule has 1 aliphatic heterocycles. The Balaban J connectivity index is 1.56. The monoisotopic (exact) mass is 353 g/mol. The molecule has 0 atom stereocenters. The van der Waals surface area contributed by atoms with Crippen LogP contribution in [0.25, 0.3) is 0 Å². The van der Waals surface area contributed by atoms with Gasteiger partial charge in [-0.2, -0.15) is 4.39 Å². The van der Waals surface area contributed by atoms with Crippen molar-refractivity contribution in [2.45, 2.75) is 0 Å². The van der Waals surface area contributed by atoms with E-state index in [0.29, 0.717) is 31.2 Å². The molecule has 0 saturated carbocycles. The molecule has 6 nitrogen and oxygen atoms in total. The van der Waals surface area contributed by atoms with Crippen molar-refractivity contribution >= 4 is 29.1 Å². The number of pyridine rings is 2. The average Bonchev–Trinajstić information content (AvgIpc) is 2.59. The third-order valence-electron chi connectivity index (χ3n) is 3.65. The standard InChI is InChI=1S/C15H14ClF2N5O/c16-10-1-2-13(19-8-10)22-3-5-23(6-4-22)15(24)21-11-7-12(17)14(18)20-9-11/h1-2,7-9H,3-6H2,(H,21,24). The van der Waals surface area contributed by atoms with Gasteiger partial charge in [-0.1, -0.05) is 11.6 Å². The van der Waals surface area contributed by atoms with Crippen LogP contribution in [0.15, 0.2) is 30.6 Å². The molecular formula is C15H14ClF2N5O. The van der Waals surface area contributed by atoms with E-state index < -0.39 is 11.8 Å². The van der Waals surface area contributed by atoms with Crippen LogP contribution in [-0.4, -0.2) is 47.1 Å². The molecule has 0 aliphatic carbocycles. The van der Waals surface area contributed by atoms with Crippen LogP contribution in [-0.2, 0) is 0 Å². The molecular weight excluding hydrogens is 340 g/mol. The van der Waals surface area contributed by atoms with E-state index in [0.717, 1.165) is 18.1 Å². The third kappa shape index (κ3) is 3.70. The summed E-state index contributed by atoms with van der Waals surface area (Å²) in [5.74, 6) is -1.51. The number of aromatic nitrogens is 2. The number of carbonyl (C=O) groups is 1. The van der Waals surface area contributed by atoms with Crippen LogP contribution in [0.3, 0.4) is 0 Å². The zero-order chi connectivity index (χ0) is 17.1. The lowest BCUT2D eigenvalue weighted by Crippen LogP contribution is -2.50. The van der Waals surface area contributed by atoms with Gasteiger partial charge in [-0.3, -0.25) is 0 Å². The van der Waals surface area contributed by atoms with Crippen LogP contribution < -0.4 is 10.2 Å². The van der Waals surface area contributed by atoms with E-state index in [1.54, 1.807) is 17.2 Å². The number of amides is 2. The average molecular weight is 354 g/mol. The van der Waals surface area contributed by atoms with Gasteiger partial charge < -0.3 is 15.1 Å². The highest BCUT2D eigenvalue weighted by Gasteiger charge is 2.22. The fourth-order valence-electron chi connectivity index (χ4n) is 2.39. The molecule has 9 heteroatoms. The van der Waals surface area contributed by atoms with Gasteiger partial charge in [0.25, 0.3) is 0 Å². The van der Waals surface area contributed by atoms with Gasteiger partial charge in [0, 0.05) is 38.4 Å². The van der Waals surface area contributed by atoms with Gasteiger partial charge in [0.2, 0.25) is 5.95 Å². The SMILES string of the molecule is O=C(Nc1cnc(F)c(F)c1)N1CCN(c2ccc(Cl)cn2)CC1. The number of hydrogen-bond donors (Lipinski definition) is 1. The fourth-order valence-corrected chi connectivity index (χ4v) is 2.50. The summed E-state index contributed by atoms with van der Waals surface area (Å²) in [5.41, 5.74) is 0.112. The van der Waals surface area contributed by atoms with Gasteiger partial charge >= 0.3 is 6.03 Å². The molecule has 1 saturated heterocycles. The first-order chi connectivity index (χ1) is 11.5. The number of nitrogens with zero attached hydrogens (tertiary/aromatic N) is 4. The van der Waals surface area contributed by atoms with Crippen molar-refractivity contribution in [3.8, 4) is 0 Å². The molecule has 0 aromatic carbocycles. The lowest BCUT2D eigenvalue weighted by atomic mass is 10.3. The minimum absolute atomic E-state index is 0.112. The molecule has 1 aliphatic rings. The third-order valence-corrected chi connectivity index (χ3v) is 3.87. The van der Waals surface area contributed by atoms with E-state index in [9.17, 15) is 13.6 Å². The molecule has 1 N–H and O–H groups in total. The van der Waals surface area contributed by atoms with Crippen molar-refractivity contribution in [1.29, 1.82) is 0 Å². The lowest BCUT2D eigenvalue weighted by molar-refractivity contribution is 0.208. The van der Waals surface area contributed by atoms with Crippen molar-refractivity contribution in [1.82, 2.24) is 14.9 Å². The number of hydrogen-bond acceptors (Lipinski definition) is 4. The van der Waals surface area contributed by atoms with E-state index >= 15 is 0 Å². The Morgan fingerprint density at radius 2 is 1.88 bits per heavy atom. The Hall–Kier alpha value is -2.48. The summed E-state index contributed by atoms with van der Waals surface area (Å²) in [6.45, 7) is 2.18. The summed E-state index contributed by atoms with van der Waals surface area (Å²) in [6.07, 6.45) is 2.65. The van der Waals surface area contributed by atoms with Gasteiger partial charge in [-0.25, -0.2) is 19.2 Å². The second-order valence-corrected chi connectivity index (χ2v) is 5.67. The lowest BCUT2D eigenvalue weighted by Gasteiger charge is -2.35. The van der Waals surface area contributed by atoms with Gasteiger partial charge in [0.15, 0.2) is 5.82 Å². The predicted octanol–water partition coefficient (Wildman–Crippen LogP) is 2.76. The minimum Gasteiger partial charge on any atom is -0.353 e. The van der Waals surface area contributed by atoms with Gasteiger partial charge in [0.05, 0.1) is 16.9 Å². The Morgan fingerprint density at radius 3 is 2.50 bits per heavy atom. The van der Waals surface area contributed by atoms with Crippen LogP contribution in [0.4, 0.5) is 25.1 Å². The normalized spacial score (nSPS) is 14.6. The Morgan fingerprint density at radius 1 is 1.12 bits per heavy atom. The highest BCUT2D eigenvalue weighted by atomic mass is 35.5. The van der Waals surface area contributed by atoms with Crippen LogP contribution in [0.5, 0.6) is 0 Å². The van der Waals surface area contributed by atoms with E-state index in [1.165, 1.54) is 0 Å². The van der Waals surface area contributed by atoms with Gasteiger partial charge in [0.1, 0.15) is 5.82 Å². The molecule has 126 valence electrons. The molecule has 2 amide bonds. The number of nitrogens with one attached hydrogen (secondary N) is 1. The van der Waals surface area contributed by atoms with Gasteiger partial charge in [-0.15, -0.1) is 0 Å². The second-order valence-electron chi connectivity index (χ2n) is 5.24. The molecule has 0 radical (unpaired) electrons. The van der Waals surface area contributed by atoms with E-state index in [1.807, 2.05) is 11.0 Å². The van der Waals surface area contributed by atoms with E-state index in [2.05, 4.69) is 15.3 Å². The largest absolute Gasteiger partial charge is 0.353 e. The zero-order valence-corrected chi connectivity index (χ0v) is 13.3. The maximum absolute atomic E-state index is 13.1. The van der Waals surface area contributed by atoms with Crippen molar-refractivity contribution in [3.63, 3.8) is 0 Å². The highest BCUT2D eigenvalue weighted by molar-refractivity contribution is 6.30. The Labute approximate surface area is 142 Å². The maximum atomic E-state index is 13.1. The molecule has 0 spiro atoms. The van der Waals surface area contributed by atoms with Crippen LogP contribution in [0.1, 0.15) is 0 Å². The van der Waals surface area contributed by atoms with Crippen LogP contribution in [0.2, 0.25) is 5.02 Å². The minimum atomic E-state index is -1.20. The fraction of sp³-hybridized carbons (Fsp3) is 0.267. The summed E-state index contributed by atoms with van der Waals surface area (Å²) in [4.78, 5) is 23.3. The molecule has 2 aromatic rings. The summed E-state index contributed by atoms with van der Waals surface area (Å²) < 4.78 is 25.9. The smallest absolute Gasteiger partial charge is 0.322 e. The molecule has 2 aromatic heterocycles. The van der Waals surface area contributed by atoms with Gasteiger partial charge in [-0.05, 0) is 12.1 Å². The summed E-state index contributed by atoms with van der Waals surface area (Å²) in [5, 5.41) is 3.07. The first-order valence-corrected chi connectivity index (χ1v) is 7.64. The number of halogens is 3. The molecule has 1 fully saturated rings. The maximum Gasteiger partial charge on any atom is 0.322 e. The number of anilines is 2. The number of piperazine rings is 1. The molecule has 3 heterocycles. The van der Waals surface area contributed by atoms with E-state index in [4.69, 9.17) is 11.6 Å². The summed E-state index contributed by atoms with van der Waals surface area (Å²) in [6, 6.07) is 4.10. The first kappa shape index (κ1) is 16.4. The quantitative estimate of drug-likeness (QED) is 0.843. The van der Waals surface area contributed by atoms with Crippen molar-refractivity contribution in [2.24, 2.45) is 0 Å². The molecule has 0 unspecified atom stereocenters. The topological polar surface area (TPSA) is 61.4 Å². The molecule has 0 bridgehead atoms. The zero-order valence-electron chi connectivity index (χ0n) is 12.5. The highest BCUT2D eigenvalue weighted by Crippen LogP contribution is 2.17. The number of rotatable bonds is 2. The molecule has 3 rings (SSSR count). The van der Waals surface area contributed by atoms with Crippen LogP contribution >= 0.6 is 11.6 Å². The number of carbonyl (C=O) groups excluding carboxylic acids is 1. The number of urea groups is 1. The summed E-state index contributed by atoms with van der Waals surface area (Å²) >= 11 is 5.82. The predicted molar refractivity (Wildman–Crippen MR) is 86.2 cm³/mol. The van der Waals surface area contributed by atoms with Crippen molar-refractivity contribution < 1.29 is 13.6 Å². The molecule has 24 heavy (non-hydrogen) atoms. The first-order valence-electron chi connectivity index (χ1n) is 7.26. The van der Waals surface area contributed by atoms with E-state index in [-0.39, 0.29) is 11.7 Å². The second kappa shape index (κ2) is 6.96. The summed E-state index contributed by atoms with van der Waals surface area (Å²) in [7, 11) is 0. The Kier molecular flexibility index (Phi) is 4.75.